The smallest absolute Gasteiger partial charge is 0.314 e. The molecular weight excluding hydrogens is 294 g/mol. The summed E-state index contributed by atoms with van der Waals surface area (Å²) < 4.78 is 5.91. The number of hydrogen-bond donors (Lipinski definition) is 1. The molecule has 3 nitrogen and oxygen atoms in total. The summed E-state index contributed by atoms with van der Waals surface area (Å²) in [6, 6.07) is 8.42. The highest BCUT2D eigenvalue weighted by Crippen LogP contribution is 2.22. The Labute approximate surface area is 116 Å². The standard InChI is InChI=1S/C14H18BrNO2/c1-18-14(17)13(9-16-12-3-2-4-12)10-5-7-11(15)8-6-10/h5-8,12-13,16H,2-4,9H2,1H3. The number of carbonyl (C=O) groups is 1. The second kappa shape index (κ2) is 6.34. The number of methoxy groups -OCH3 is 1. The minimum Gasteiger partial charge on any atom is -0.469 e. The Bertz CT molecular complexity index is 401. The van der Waals surface area contributed by atoms with E-state index in [4.69, 9.17) is 4.74 Å². The van der Waals surface area contributed by atoms with Crippen LogP contribution in [0.4, 0.5) is 0 Å². The molecule has 1 aliphatic rings. The van der Waals surface area contributed by atoms with Gasteiger partial charge in [-0.05, 0) is 30.5 Å². The fraction of sp³-hybridized carbons (Fsp3) is 0.500. The van der Waals surface area contributed by atoms with Crippen LogP contribution in [0.15, 0.2) is 28.7 Å². The molecule has 2 rings (SSSR count). The van der Waals surface area contributed by atoms with Gasteiger partial charge in [0, 0.05) is 17.1 Å². The Hall–Kier alpha value is -0.870. The van der Waals surface area contributed by atoms with Gasteiger partial charge >= 0.3 is 5.97 Å². The molecule has 98 valence electrons. The second-order valence-corrected chi connectivity index (χ2v) is 5.58. The van der Waals surface area contributed by atoms with Crippen LogP contribution in [0.3, 0.4) is 0 Å². The van der Waals surface area contributed by atoms with Gasteiger partial charge < -0.3 is 10.1 Å². The van der Waals surface area contributed by atoms with Crippen LogP contribution >= 0.6 is 15.9 Å². The lowest BCUT2D eigenvalue weighted by molar-refractivity contribution is -0.142. The van der Waals surface area contributed by atoms with Gasteiger partial charge in [-0.25, -0.2) is 0 Å². The second-order valence-electron chi connectivity index (χ2n) is 4.66. The van der Waals surface area contributed by atoms with Gasteiger partial charge in [-0.3, -0.25) is 4.79 Å². The Morgan fingerprint density at radius 1 is 1.44 bits per heavy atom. The van der Waals surface area contributed by atoms with E-state index in [2.05, 4.69) is 21.2 Å². The van der Waals surface area contributed by atoms with Crippen LogP contribution in [0, 0.1) is 0 Å². The molecule has 0 aliphatic heterocycles. The van der Waals surface area contributed by atoms with E-state index >= 15 is 0 Å². The number of carbonyl (C=O) groups excluding carboxylic acids is 1. The maximum atomic E-state index is 11.8. The molecule has 0 aromatic heterocycles. The highest BCUT2D eigenvalue weighted by atomic mass is 79.9. The van der Waals surface area contributed by atoms with Crippen molar-refractivity contribution in [2.45, 2.75) is 31.2 Å². The molecule has 18 heavy (non-hydrogen) atoms. The first kappa shape index (κ1) is 13.6. The van der Waals surface area contributed by atoms with E-state index in [1.807, 2.05) is 24.3 Å². The molecule has 1 fully saturated rings. The normalized spacial score (nSPS) is 17.0. The van der Waals surface area contributed by atoms with E-state index in [-0.39, 0.29) is 11.9 Å². The van der Waals surface area contributed by atoms with E-state index < -0.39 is 0 Å². The van der Waals surface area contributed by atoms with Crippen LogP contribution in [0.25, 0.3) is 0 Å². The first-order valence-electron chi connectivity index (χ1n) is 6.27. The van der Waals surface area contributed by atoms with Gasteiger partial charge in [0.1, 0.15) is 0 Å². The molecule has 1 atom stereocenters. The molecule has 1 aromatic rings. The Kier molecular flexibility index (Phi) is 4.78. The zero-order chi connectivity index (χ0) is 13.0. The highest BCUT2D eigenvalue weighted by Gasteiger charge is 2.24. The fourth-order valence-electron chi connectivity index (χ4n) is 2.07. The summed E-state index contributed by atoms with van der Waals surface area (Å²) in [7, 11) is 1.44. The number of halogens is 1. The summed E-state index contributed by atoms with van der Waals surface area (Å²) in [5.41, 5.74) is 0.997. The van der Waals surface area contributed by atoms with Gasteiger partial charge in [-0.2, -0.15) is 0 Å². The SMILES string of the molecule is COC(=O)C(CNC1CCC1)c1ccc(Br)cc1. The van der Waals surface area contributed by atoms with Gasteiger partial charge in [0.05, 0.1) is 13.0 Å². The summed E-state index contributed by atoms with van der Waals surface area (Å²) in [6.07, 6.45) is 3.72. The first-order chi connectivity index (χ1) is 8.70. The van der Waals surface area contributed by atoms with Crippen molar-refractivity contribution in [2.24, 2.45) is 0 Å². The average Bonchev–Trinajstić information content (AvgIpc) is 2.33. The molecule has 0 radical (unpaired) electrons. The van der Waals surface area contributed by atoms with E-state index in [1.54, 1.807) is 0 Å². The number of benzene rings is 1. The molecular formula is C14H18BrNO2. The number of ether oxygens (including phenoxy) is 1. The number of hydrogen-bond acceptors (Lipinski definition) is 3. The van der Waals surface area contributed by atoms with Crippen LogP contribution in [0.2, 0.25) is 0 Å². The van der Waals surface area contributed by atoms with Crippen molar-refractivity contribution in [3.8, 4) is 0 Å². The lowest BCUT2D eigenvalue weighted by Gasteiger charge is -2.28. The molecule has 0 saturated heterocycles. The van der Waals surface area contributed by atoms with Gasteiger partial charge in [-0.1, -0.05) is 34.5 Å². The van der Waals surface area contributed by atoms with E-state index in [0.717, 1.165) is 10.0 Å². The van der Waals surface area contributed by atoms with Crippen molar-refractivity contribution < 1.29 is 9.53 Å². The summed E-state index contributed by atoms with van der Waals surface area (Å²) in [5, 5.41) is 3.43. The maximum absolute atomic E-state index is 11.8. The first-order valence-corrected chi connectivity index (χ1v) is 7.06. The fourth-order valence-corrected chi connectivity index (χ4v) is 2.34. The lowest BCUT2D eigenvalue weighted by Crippen LogP contribution is -2.39. The number of nitrogens with one attached hydrogen (secondary N) is 1. The van der Waals surface area contributed by atoms with Crippen molar-refractivity contribution in [2.75, 3.05) is 13.7 Å². The third-order valence-electron chi connectivity index (χ3n) is 3.47. The molecule has 4 heteroatoms. The molecule has 0 spiro atoms. The van der Waals surface area contributed by atoms with Crippen LogP contribution in [0.5, 0.6) is 0 Å². The monoisotopic (exact) mass is 311 g/mol. The van der Waals surface area contributed by atoms with Crippen LogP contribution in [-0.4, -0.2) is 25.7 Å². The maximum Gasteiger partial charge on any atom is 0.314 e. The van der Waals surface area contributed by atoms with Gasteiger partial charge in [0.15, 0.2) is 0 Å². The van der Waals surface area contributed by atoms with Crippen molar-refractivity contribution >= 4 is 21.9 Å². The van der Waals surface area contributed by atoms with Crippen molar-refractivity contribution in [1.82, 2.24) is 5.32 Å². The molecule has 0 heterocycles. The highest BCUT2D eigenvalue weighted by molar-refractivity contribution is 9.10. The predicted molar refractivity (Wildman–Crippen MR) is 74.5 cm³/mol. The molecule has 0 bridgehead atoms. The quantitative estimate of drug-likeness (QED) is 0.850. The third kappa shape index (κ3) is 3.33. The van der Waals surface area contributed by atoms with Gasteiger partial charge in [0.2, 0.25) is 0 Å². The number of esters is 1. The van der Waals surface area contributed by atoms with Crippen LogP contribution < -0.4 is 5.32 Å². The lowest BCUT2D eigenvalue weighted by atomic mass is 9.91. The van der Waals surface area contributed by atoms with Gasteiger partial charge in [0.25, 0.3) is 0 Å². The summed E-state index contributed by atoms with van der Waals surface area (Å²) in [5.74, 6) is -0.396. The van der Waals surface area contributed by atoms with E-state index in [1.165, 1.54) is 26.4 Å². The van der Waals surface area contributed by atoms with Crippen molar-refractivity contribution in [3.63, 3.8) is 0 Å². The van der Waals surface area contributed by atoms with E-state index in [9.17, 15) is 4.79 Å². The molecule has 1 aliphatic carbocycles. The van der Waals surface area contributed by atoms with E-state index in [0.29, 0.717) is 12.6 Å². The predicted octanol–water partition coefficient (Wildman–Crippen LogP) is 2.85. The summed E-state index contributed by atoms with van der Waals surface area (Å²) >= 11 is 3.40. The van der Waals surface area contributed by atoms with Crippen LogP contribution in [0.1, 0.15) is 30.7 Å². The molecule has 1 unspecified atom stereocenters. The molecule has 1 saturated carbocycles. The topological polar surface area (TPSA) is 38.3 Å². The number of rotatable bonds is 5. The Balaban J connectivity index is 2.03. The minimum atomic E-state index is -0.219. The van der Waals surface area contributed by atoms with Gasteiger partial charge in [-0.15, -0.1) is 0 Å². The van der Waals surface area contributed by atoms with Crippen molar-refractivity contribution in [3.05, 3.63) is 34.3 Å². The third-order valence-corrected chi connectivity index (χ3v) is 4.00. The summed E-state index contributed by atoms with van der Waals surface area (Å²) in [4.78, 5) is 11.8. The van der Waals surface area contributed by atoms with Crippen LogP contribution in [-0.2, 0) is 9.53 Å². The molecule has 1 N–H and O–H groups in total. The average molecular weight is 312 g/mol. The summed E-state index contributed by atoms with van der Waals surface area (Å²) in [6.45, 7) is 0.652. The largest absolute Gasteiger partial charge is 0.469 e. The minimum absolute atomic E-state index is 0.177. The Morgan fingerprint density at radius 2 is 2.11 bits per heavy atom. The van der Waals surface area contributed by atoms with Crippen molar-refractivity contribution in [1.29, 1.82) is 0 Å². The zero-order valence-corrected chi connectivity index (χ0v) is 12.1. The zero-order valence-electron chi connectivity index (χ0n) is 10.5. The Morgan fingerprint density at radius 3 is 2.61 bits per heavy atom. The molecule has 1 aromatic carbocycles. The molecule has 0 amide bonds.